The standard InChI is InChI=1S/C17H26N2O2S/c1-13(14-8-4-2-5-9-14)19-22-11-7-3-6-10-15-12-16(20)18-17(15)21/h4,8-9,13,15,19H,2-3,5-7,10-12H2,1H3,(H,18,20,21). The highest BCUT2D eigenvalue weighted by Crippen LogP contribution is 2.19. The summed E-state index contributed by atoms with van der Waals surface area (Å²) in [6.45, 7) is 2.20. The molecule has 2 amide bonds. The molecule has 4 nitrogen and oxygen atoms in total. The number of carbonyl (C=O) groups is 2. The van der Waals surface area contributed by atoms with Crippen LogP contribution >= 0.6 is 11.9 Å². The number of hydrogen-bond donors (Lipinski definition) is 2. The molecule has 0 aromatic heterocycles. The van der Waals surface area contributed by atoms with Crippen molar-refractivity contribution in [3.63, 3.8) is 0 Å². The summed E-state index contributed by atoms with van der Waals surface area (Å²) in [5.74, 6) is 0.804. The zero-order valence-electron chi connectivity index (χ0n) is 13.3. The maximum Gasteiger partial charge on any atom is 0.230 e. The molecule has 2 aliphatic rings. The van der Waals surface area contributed by atoms with Crippen molar-refractivity contribution in [3.05, 3.63) is 23.8 Å². The van der Waals surface area contributed by atoms with Gasteiger partial charge in [-0.2, -0.15) is 0 Å². The molecule has 5 heteroatoms. The molecule has 0 bridgehead atoms. The lowest BCUT2D eigenvalue weighted by Crippen LogP contribution is -2.22. The van der Waals surface area contributed by atoms with Gasteiger partial charge in [0.1, 0.15) is 0 Å². The highest BCUT2D eigenvalue weighted by atomic mass is 32.2. The largest absolute Gasteiger partial charge is 0.296 e. The van der Waals surface area contributed by atoms with E-state index in [9.17, 15) is 9.59 Å². The molecular formula is C17H26N2O2S. The number of rotatable bonds is 9. The van der Waals surface area contributed by atoms with Crippen LogP contribution in [-0.2, 0) is 9.59 Å². The summed E-state index contributed by atoms with van der Waals surface area (Å²) in [5, 5.41) is 2.37. The molecular weight excluding hydrogens is 296 g/mol. The minimum atomic E-state index is -0.116. The normalized spacial score (nSPS) is 22.6. The number of allylic oxidation sites excluding steroid dienone is 2. The van der Waals surface area contributed by atoms with E-state index in [4.69, 9.17) is 0 Å². The Morgan fingerprint density at radius 3 is 2.86 bits per heavy atom. The van der Waals surface area contributed by atoms with Crippen molar-refractivity contribution in [2.75, 3.05) is 5.75 Å². The Morgan fingerprint density at radius 2 is 2.18 bits per heavy atom. The molecule has 2 N–H and O–H groups in total. The highest BCUT2D eigenvalue weighted by molar-refractivity contribution is 7.97. The van der Waals surface area contributed by atoms with Crippen LogP contribution in [0.4, 0.5) is 0 Å². The second kappa shape index (κ2) is 9.16. The Morgan fingerprint density at radius 1 is 1.32 bits per heavy atom. The van der Waals surface area contributed by atoms with Gasteiger partial charge in [-0.3, -0.25) is 19.6 Å². The van der Waals surface area contributed by atoms with Gasteiger partial charge < -0.3 is 0 Å². The molecule has 1 aliphatic heterocycles. The molecule has 1 fully saturated rings. The maximum atomic E-state index is 11.4. The first-order valence-electron chi connectivity index (χ1n) is 8.24. The third-order valence-corrected chi connectivity index (χ3v) is 5.16. The summed E-state index contributed by atoms with van der Waals surface area (Å²) in [4.78, 5) is 22.5. The van der Waals surface area contributed by atoms with Crippen LogP contribution in [0.3, 0.4) is 0 Å². The molecule has 22 heavy (non-hydrogen) atoms. The van der Waals surface area contributed by atoms with Gasteiger partial charge in [-0.05, 0) is 38.2 Å². The van der Waals surface area contributed by atoms with E-state index in [-0.39, 0.29) is 17.7 Å². The SMILES string of the molecule is CC(NSCCCCCC1CC(=O)NC1=O)C1=CCCC=C1. The Balaban J connectivity index is 1.47. The maximum absolute atomic E-state index is 11.4. The van der Waals surface area contributed by atoms with Gasteiger partial charge in [0.05, 0.1) is 0 Å². The summed E-state index contributed by atoms with van der Waals surface area (Å²) in [6, 6.07) is 0.398. The number of nitrogens with one attached hydrogen (secondary N) is 2. The van der Waals surface area contributed by atoms with Crippen LogP contribution < -0.4 is 10.0 Å². The molecule has 122 valence electrons. The van der Waals surface area contributed by atoms with Crippen LogP contribution in [0.25, 0.3) is 0 Å². The lowest BCUT2D eigenvalue weighted by atomic mass is 10.00. The molecule has 0 saturated carbocycles. The Bertz CT molecular complexity index is 460. The zero-order chi connectivity index (χ0) is 15.8. The van der Waals surface area contributed by atoms with Gasteiger partial charge in [0, 0.05) is 24.1 Å². The summed E-state index contributed by atoms with van der Waals surface area (Å²) >= 11 is 1.78. The van der Waals surface area contributed by atoms with Crippen LogP contribution in [0.5, 0.6) is 0 Å². The number of hydrogen-bond acceptors (Lipinski definition) is 4. The summed E-state index contributed by atoms with van der Waals surface area (Å²) in [6.07, 6.45) is 13.6. The minimum absolute atomic E-state index is 0.0799. The molecule has 0 aromatic carbocycles. The number of amides is 2. The molecule has 0 spiro atoms. The minimum Gasteiger partial charge on any atom is -0.296 e. The third-order valence-electron chi connectivity index (χ3n) is 4.15. The van der Waals surface area contributed by atoms with E-state index in [1.54, 1.807) is 11.9 Å². The number of carbonyl (C=O) groups excluding carboxylic acids is 2. The van der Waals surface area contributed by atoms with E-state index < -0.39 is 0 Å². The van der Waals surface area contributed by atoms with E-state index >= 15 is 0 Å². The van der Waals surface area contributed by atoms with Gasteiger partial charge in [0.2, 0.25) is 11.8 Å². The monoisotopic (exact) mass is 322 g/mol. The van der Waals surface area contributed by atoms with Gasteiger partial charge >= 0.3 is 0 Å². The molecule has 0 aromatic rings. The molecule has 2 atom stereocenters. The van der Waals surface area contributed by atoms with E-state index in [2.05, 4.69) is 35.2 Å². The van der Waals surface area contributed by atoms with Gasteiger partial charge in [-0.1, -0.05) is 43.0 Å². The van der Waals surface area contributed by atoms with Crippen LogP contribution in [0.15, 0.2) is 23.8 Å². The Labute approximate surface area is 137 Å². The van der Waals surface area contributed by atoms with Crippen LogP contribution in [0.1, 0.15) is 51.9 Å². The topological polar surface area (TPSA) is 58.2 Å². The zero-order valence-corrected chi connectivity index (χ0v) is 14.1. The van der Waals surface area contributed by atoms with Crippen LogP contribution in [0, 0.1) is 5.92 Å². The van der Waals surface area contributed by atoms with Crippen molar-refractivity contribution >= 4 is 23.8 Å². The fraction of sp³-hybridized carbons (Fsp3) is 0.647. The van der Waals surface area contributed by atoms with Crippen molar-refractivity contribution in [3.8, 4) is 0 Å². The second-order valence-electron chi connectivity index (χ2n) is 6.03. The lowest BCUT2D eigenvalue weighted by molar-refractivity contribution is -0.125. The van der Waals surface area contributed by atoms with Crippen molar-refractivity contribution in [2.45, 2.75) is 57.9 Å². The van der Waals surface area contributed by atoms with Crippen LogP contribution in [0.2, 0.25) is 0 Å². The average Bonchev–Trinajstić information content (AvgIpc) is 2.84. The predicted molar refractivity (Wildman–Crippen MR) is 91.2 cm³/mol. The highest BCUT2D eigenvalue weighted by Gasteiger charge is 2.29. The smallest absolute Gasteiger partial charge is 0.230 e. The van der Waals surface area contributed by atoms with Crippen molar-refractivity contribution in [2.24, 2.45) is 5.92 Å². The van der Waals surface area contributed by atoms with Gasteiger partial charge in [-0.25, -0.2) is 0 Å². The van der Waals surface area contributed by atoms with E-state index in [0.29, 0.717) is 12.5 Å². The predicted octanol–water partition coefficient (Wildman–Crippen LogP) is 3.11. The molecule has 2 unspecified atom stereocenters. The van der Waals surface area contributed by atoms with E-state index in [1.165, 1.54) is 5.57 Å². The van der Waals surface area contributed by atoms with Gasteiger partial charge in [0.25, 0.3) is 0 Å². The molecule has 0 radical (unpaired) electrons. The van der Waals surface area contributed by atoms with Crippen LogP contribution in [-0.4, -0.2) is 23.6 Å². The lowest BCUT2D eigenvalue weighted by Gasteiger charge is -2.16. The van der Waals surface area contributed by atoms with E-state index in [0.717, 1.165) is 44.3 Å². The van der Waals surface area contributed by atoms with Crippen molar-refractivity contribution in [1.29, 1.82) is 0 Å². The Hall–Kier alpha value is -1.07. The molecule has 1 saturated heterocycles. The molecule has 1 aliphatic carbocycles. The molecule has 1 heterocycles. The number of imide groups is 1. The van der Waals surface area contributed by atoms with Crippen molar-refractivity contribution < 1.29 is 9.59 Å². The Kier molecular flexibility index (Phi) is 7.19. The molecule has 2 rings (SSSR count). The quantitative estimate of drug-likeness (QED) is 0.389. The fourth-order valence-corrected chi connectivity index (χ4v) is 3.64. The van der Waals surface area contributed by atoms with Gasteiger partial charge in [0.15, 0.2) is 0 Å². The van der Waals surface area contributed by atoms with E-state index in [1.807, 2.05) is 0 Å². The second-order valence-corrected chi connectivity index (χ2v) is 6.97. The first kappa shape index (κ1) is 17.3. The summed E-state index contributed by atoms with van der Waals surface area (Å²) < 4.78 is 3.49. The van der Waals surface area contributed by atoms with Crippen molar-refractivity contribution in [1.82, 2.24) is 10.0 Å². The third kappa shape index (κ3) is 5.61. The summed E-state index contributed by atoms with van der Waals surface area (Å²) in [7, 11) is 0. The first-order valence-corrected chi connectivity index (χ1v) is 9.23. The average molecular weight is 322 g/mol. The fourth-order valence-electron chi connectivity index (χ4n) is 2.79. The van der Waals surface area contributed by atoms with Gasteiger partial charge in [-0.15, -0.1) is 0 Å². The number of unbranched alkanes of at least 4 members (excludes halogenated alkanes) is 2. The first-order chi connectivity index (χ1) is 10.7. The summed E-state index contributed by atoms with van der Waals surface area (Å²) in [5.41, 5.74) is 1.38.